The SMILES string of the molecule is CNS(=O)(=O)c1ccc(C(=O)OCC(=O)N2c3ccccc3Sc3ccccc32)cc1. The number of hydrogen-bond donors (Lipinski definition) is 1. The van der Waals surface area contributed by atoms with E-state index in [1.807, 2.05) is 48.5 Å². The molecule has 0 saturated carbocycles. The van der Waals surface area contributed by atoms with Crippen molar-refractivity contribution in [2.45, 2.75) is 14.7 Å². The first-order valence-corrected chi connectivity index (χ1v) is 11.6. The van der Waals surface area contributed by atoms with Gasteiger partial charge < -0.3 is 4.74 Å². The van der Waals surface area contributed by atoms with Crippen LogP contribution in [-0.4, -0.2) is 33.9 Å². The molecule has 0 saturated heterocycles. The van der Waals surface area contributed by atoms with Crippen molar-refractivity contribution in [3.05, 3.63) is 78.4 Å². The summed E-state index contributed by atoms with van der Waals surface area (Å²) < 4.78 is 31.0. The molecule has 1 heterocycles. The minimum Gasteiger partial charge on any atom is -0.452 e. The second-order valence-corrected chi connectivity index (χ2v) is 9.55. The minimum atomic E-state index is -3.60. The zero-order valence-electron chi connectivity index (χ0n) is 16.4. The lowest BCUT2D eigenvalue weighted by atomic mass is 10.2. The van der Waals surface area contributed by atoms with Gasteiger partial charge in [-0.05, 0) is 55.6 Å². The van der Waals surface area contributed by atoms with Gasteiger partial charge in [-0.2, -0.15) is 0 Å². The van der Waals surface area contributed by atoms with Gasteiger partial charge in [-0.25, -0.2) is 17.9 Å². The summed E-state index contributed by atoms with van der Waals surface area (Å²) >= 11 is 1.57. The van der Waals surface area contributed by atoms with Crippen molar-refractivity contribution in [2.24, 2.45) is 0 Å². The van der Waals surface area contributed by atoms with Crippen molar-refractivity contribution in [3.63, 3.8) is 0 Å². The molecule has 1 aliphatic rings. The van der Waals surface area contributed by atoms with Crippen molar-refractivity contribution < 1.29 is 22.7 Å². The number of nitrogens with zero attached hydrogens (tertiary/aromatic N) is 1. The molecule has 3 aromatic rings. The minimum absolute atomic E-state index is 0.0293. The molecule has 1 N–H and O–H groups in total. The lowest BCUT2D eigenvalue weighted by molar-refractivity contribution is -0.121. The third-order valence-electron chi connectivity index (χ3n) is 4.68. The summed E-state index contributed by atoms with van der Waals surface area (Å²) in [6, 6.07) is 20.4. The molecule has 1 aliphatic heterocycles. The average Bonchev–Trinajstić information content (AvgIpc) is 2.80. The van der Waals surface area contributed by atoms with Gasteiger partial charge in [0.25, 0.3) is 5.91 Å². The number of benzene rings is 3. The van der Waals surface area contributed by atoms with E-state index in [-0.39, 0.29) is 16.4 Å². The van der Waals surface area contributed by atoms with Gasteiger partial charge in [0.1, 0.15) is 0 Å². The Bertz CT molecular complexity index is 1210. The predicted molar refractivity (Wildman–Crippen MR) is 117 cm³/mol. The van der Waals surface area contributed by atoms with Gasteiger partial charge in [0.05, 0.1) is 21.8 Å². The molecule has 0 aliphatic carbocycles. The highest BCUT2D eigenvalue weighted by atomic mass is 32.2. The molecule has 0 spiro atoms. The number of para-hydroxylation sites is 2. The lowest BCUT2D eigenvalue weighted by Crippen LogP contribution is -2.32. The van der Waals surface area contributed by atoms with Crippen molar-refractivity contribution in [3.8, 4) is 0 Å². The Morgan fingerprint density at radius 3 is 2.00 bits per heavy atom. The molecule has 0 aromatic heterocycles. The summed E-state index contributed by atoms with van der Waals surface area (Å²) in [7, 11) is -2.30. The Morgan fingerprint density at radius 1 is 0.903 bits per heavy atom. The van der Waals surface area contributed by atoms with E-state index in [2.05, 4.69) is 4.72 Å². The van der Waals surface area contributed by atoms with E-state index in [0.717, 1.165) is 21.2 Å². The first-order chi connectivity index (χ1) is 14.9. The monoisotopic (exact) mass is 454 g/mol. The van der Waals surface area contributed by atoms with E-state index in [1.54, 1.807) is 16.7 Å². The number of carbonyl (C=O) groups excluding carboxylic acids is 2. The highest BCUT2D eigenvalue weighted by Gasteiger charge is 2.28. The van der Waals surface area contributed by atoms with Crippen molar-refractivity contribution in [1.29, 1.82) is 0 Å². The number of nitrogens with one attached hydrogen (secondary N) is 1. The maximum absolute atomic E-state index is 13.0. The average molecular weight is 455 g/mol. The molecule has 158 valence electrons. The molecule has 4 rings (SSSR count). The van der Waals surface area contributed by atoms with Crippen molar-refractivity contribution in [1.82, 2.24) is 4.72 Å². The van der Waals surface area contributed by atoms with Gasteiger partial charge in [-0.3, -0.25) is 9.69 Å². The predicted octanol–water partition coefficient (Wildman–Crippen LogP) is 3.58. The number of amides is 1. The maximum Gasteiger partial charge on any atom is 0.338 e. The second kappa shape index (κ2) is 8.54. The number of sulfonamides is 1. The summed E-state index contributed by atoms with van der Waals surface area (Å²) in [5, 5.41) is 0. The first-order valence-electron chi connectivity index (χ1n) is 9.30. The Labute approximate surface area is 184 Å². The summed E-state index contributed by atoms with van der Waals surface area (Å²) in [4.78, 5) is 28.9. The molecule has 0 radical (unpaired) electrons. The van der Waals surface area contributed by atoms with Crippen LogP contribution in [0.2, 0.25) is 0 Å². The van der Waals surface area contributed by atoms with Crippen LogP contribution in [0.25, 0.3) is 0 Å². The topological polar surface area (TPSA) is 92.8 Å². The van der Waals surface area contributed by atoms with E-state index in [4.69, 9.17) is 4.74 Å². The molecule has 0 fully saturated rings. The highest BCUT2D eigenvalue weighted by molar-refractivity contribution is 7.99. The van der Waals surface area contributed by atoms with Crippen LogP contribution in [0.4, 0.5) is 11.4 Å². The van der Waals surface area contributed by atoms with Gasteiger partial charge in [0, 0.05) is 9.79 Å². The van der Waals surface area contributed by atoms with Crippen LogP contribution in [-0.2, 0) is 19.6 Å². The molecule has 0 bridgehead atoms. The molecule has 3 aromatic carbocycles. The molecule has 9 heteroatoms. The third kappa shape index (κ3) is 4.20. The molecular weight excluding hydrogens is 436 g/mol. The van der Waals surface area contributed by atoms with Crippen LogP contribution in [0, 0.1) is 0 Å². The first kappa shape index (κ1) is 21.1. The Hall–Kier alpha value is -3.14. The van der Waals surface area contributed by atoms with Gasteiger partial charge in [0.15, 0.2) is 6.61 Å². The molecule has 31 heavy (non-hydrogen) atoms. The number of ether oxygens (including phenoxy) is 1. The van der Waals surface area contributed by atoms with Crippen molar-refractivity contribution in [2.75, 3.05) is 18.6 Å². The van der Waals surface area contributed by atoms with Crippen LogP contribution in [0.5, 0.6) is 0 Å². The molecule has 1 amide bonds. The van der Waals surface area contributed by atoms with Gasteiger partial charge in [0.2, 0.25) is 10.0 Å². The zero-order valence-corrected chi connectivity index (χ0v) is 18.1. The Kier molecular flexibility index (Phi) is 5.81. The van der Waals surface area contributed by atoms with Gasteiger partial charge >= 0.3 is 5.97 Å². The standard InChI is InChI=1S/C22H18N2O5S2/c1-23-31(27,28)16-12-10-15(11-13-16)22(26)29-14-21(25)24-17-6-2-4-8-19(17)30-20-9-5-3-7-18(20)24/h2-13,23H,14H2,1H3. The Balaban J connectivity index is 1.51. The zero-order chi connectivity index (χ0) is 22.0. The maximum atomic E-state index is 13.0. The summed E-state index contributed by atoms with van der Waals surface area (Å²) in [5.41, 5.74) is 1.61. The van der Waals surface area contributed by atoms with Gasteiger partial charge in [-0.1, -0.05) is 36.0 Å². The number of anilines is 2. The number of fused-ring (bicyclic) bond motifs is 2. The van der Waals surface area contributed by atoms with Crippen LogP contribution in [0.15, 0.2) is 87.5 Å². The quantitative estimate of drug-likeness (QED) is 0.593. The van der Waals surface area contributed by atoms with E-state index >= 15 is 0 Å². The van der Waals surface area contributed by atoms with Crippen LogP contribution < -0.4 is 9.62 Å². The van der Waals surface area contributed by atoms with E-state index in [9.17, 15) is 18.0 Å². The smallest absolute Gasteiger partial charge is 0.338 e. The third-order valence-corrected chi connectivity index (χ3v) is 7.24. The summed E-state index contributed by atoms with van der Waals surface area (Å²) in [5.74, 6) is -1.10. The Morgan fingerprint density at radius 2 is 1.45 bits per heavy atom. The molecule has 0 atom stereocenters. The number of esters is 1. The molecule has 7 nitrogen and oxygen atoms in total. The van der Waals surface area contributed by atoms with Crippen LogP contribution in [0.3, 0.4) is 0 Å². The largest absolute Gasteiger partial charge is 0.452 e. The van der Waals surface area contributed by atoms with Crippen molar-refractivity contribution >= 4 is 45.0 Å². The second-order valence-electron chi connectivity index (χ2n) is 6.57. The molecule has 0 unspecified atom stereocenters. The number of carbonyl (C=O) groups is 2. The lowest BCUT2D eigenvalue weighted by Gasteiger charge is -2.30. The fraction of sp³-hybridized carbons (Fsp3) is 0.0909. The van der Waals surface area contributed by atoms with Crippen LogP contribution in [0.1, 0.15) is 10.4 Å². The van der Waals surface area contributed by atoms with Crippen LogP contribution >= 0.6 is 11.8 Å². The highest BCUT2D eigenvalue weighted by Crippen LogP contribution is 2.47. The van der Waals surface area contributed by atoms with Gasteiger partial charge in [-0.15, -0.1) is 0 Å². The number of rotatable bonds is 5. The number of hydrogen-bond acceptors (Lipinski definition) is 6. The summed E-state index contributed by atoms with van der Waals surface area (Å²) in [6.07, 6.45) is 0. The van der Waals surface area contributed by atoms with E-state index in [0.29, 0.717) is 0 Å². The van der Waals surface area contributed by atoms with E-state index < -0.39 is 22.6 Å². The normalized spacial score (nSPS) is 12.6. The summed E-state index contributed by atoms with van der Waals surface area (Å²) in [6.45, 7) is -0.456. The fourth-order valence-electron chi connectivity index (χ4n) is 3.14. The molecular formula is C22H18N2O5S2. The van der Waals surface area contributed by atoms with E-state index in [1.165, 1.54) is 31.3 Å². The fourth-order valence-corrected chi connectivity index (χ4v) is 4.92.